The van der Waals surface area contributed by atoms with Crippen molar-refractivity contribution in [3.8, 4) is 0 Å². The second-order valence-corrected chi connectivity index (χ2v) is 6.95. The molecule has 0 radical (unpaired) electrons. The monoisotopic (exact) mass is 245 g/mol. The third kappa shape index (κ3) is 4.27. The van der Waals surface area contributed by atoms with E-state index in [1.54, 1.807) is 11.8 Å². The van der Waals surface area contributed by atoms with E-state index in [-0.39, 0.29) is 6.61 Å². The van der Waals surface area contributed by atoms with Gasteiger partial charge in [-0.2, -0.15) is 11.8 Å². The van der Waals surface area contributed by atoms with E-state index in [0.717, 1.165) is 0 Å². The first-order chi connectivity index (χ1) is 7.48. The zero-order chi connectivity index (χ0) is 12.2. The summed E-state index contributed by atoms with van der Waals surface area (Å²) >= 11 is 1.75. The number of thioether (sulfide) groups is 1. The Kier molecular flexibility index (Phi) is 5.62. The van der Waals surface area contributed by atoms with E-state index in [1.165, 1.54) is 25.7 Å². The van der Waals surface area contributed by atoms with Gasteiger partial charge in [0.1, 0.15) is 0 Å². The zero-order valence-corrected chi connectivity index (χ0v) is 11.9. The van der Waals surface area contributed by atoms with Crippen LogP contribution in [0.2, 0.25) is 0 Å². The Morgan fingerprint density at radius 2 is 2.19 bits per heavy atom. The minimum atomic E-state index is 0.269. The summed E-state index contributed by atoms with van der Waals surface area (Å²) < 4.78 is 0. The van der Waals surface area contributed by atoms with Crippen molar-refractivity contribution in [2.45, 2.75) is 63.8 Å². The summed E-state index contributed by atoms with van der Waals surface area (Å²) in [6.07, 6.45) is 7.32. The van der Waals surface area contributed by atoms with E-state index in [1.807, 2.05) is 0 Å². The van der Waals surface area contributed by atoms with Crippen molar-refractivity contribution in [1.82, 2.24) is 5.32 Å². The van der Waals surface area contributed by atoms with Gasteiger partial charge in [0, 0.05) is 17.3 Å². The zero-order valence-electron chi connectivity index (χ0n) is 11.1. The predicted molar refractivity (Wildman–Crippen MR) is 73.0 cm³/mol. The molecular weight excluding hydrogens is 218 g/mol. The summed E-state index contributed by atoms with van der Waals surface area (Å²) in [6, 6.07) is 1.04. The minimum Gasteiger partial charge on any atom is -0.395 e. The molecule has 96 valence electrons. The van der Waals surface area contributed by atoms with Gasteiger partial charge in [0.15, 0.2) is 0 Å². The molecule has 0 aromatic rings. The van der Waals surface area contributed by atoms with Crippen LogP contribution in [0.15, 0.2) is 0 Å². The minimum absolute atomic E-state index is 0.269. The fourth-order valence-electron chi connectivity index (χ4n) is 2.76. The number of hydrogen-bond acceptors (Lipinski definition) is 3. The van der Waals surface area contributed by atoms with E-state index in [9.17, 15) is 5.11 Å². The summed E-state index contributed by atoms with van der Waals surface area (Å²) in [7, 11) is 0. The van der Waals surface area contributed by atoms with Crippen molar-refractivity contribution in [2.24, 2.45) is 5.41 Å². The molecule has 0 bridgehead atoms. The Labute approximate surface area is 105 Å². The molecule has 0 aliphatic heterocycles. The number of aliphatic hydroxyl groups is 1. The van der Waals surface area contributed by atoms with E-state index >= 15 is 0 Å². The van der Waals surface area contributed by atoms with Gasteiger partial charge in [0.2, 0.25) is 0 Å². The molecule has 0 saturated heterocycles. The van der Waals surface area contributed by atoms with Crippen LogP contribution in [0, 0.1) is 5.41 Å². The summed E-state index contributed by atoms with van der Waals surface area (Å²) in [5.41, 5.74) is 0.490. The van der Waals surface area contributed by atoms with Crippen LogP contribution >= 0.6 is 11.8 Å². The lowest BCUT2D eigenvalue weighted by molar-refractivity contribution is 0.184. The first kappa shape index (κ1) is 14.3. The fourth-order valence-corrected chi connectivity index (χ4v) is 3.39. The number of rotatable bonds is 5. The third-order valence-electron chi connectivity index (χ3n) is 3.74. The third-order valence-corrected chi connectivity index (χ3v) is 4.91. The van der Waals surface area contributed by atoms with Gasteiger partial charge < -0.3 is 10.4 Å². The molecule has 1 aliphatic carbocycles. The van der Waals surface area contributed by atoms with Gasteiger partial charge in [-0.05, 0) is 37.9 Å². The first-order valence-electron chi connectivity index (χ1n) is 6.38. The molecule has 0 heterocycles. The quantitative estimate of drug-likeness (QED) is 0.781. The van der Waals surface area contributed by atoms with Crippen LogP contribution in [0.3, 0.4) is 0 Å². The van der Waals surface area contributed by atoms with Crippen molar-refractivity contribution in [3.05, 3.63) is 0 Å². The maximum Gasteiger partial charge on any atom is 0.0564 e. The lowest BCUT2D eigenvalue weighted by Gasteiger charge is -2.38. The molecular formula is C13H27NOS. The van der Waals surface area contributed by atoms with E-state index in [4.69, 9.17) is 0 Å². The molecule has 1 rings (SSSR count). The summed E-state index contributed by atoms with van der Waals surface area (Å²) in [5.74, 6) is 0. The fraction of sp³-hybridized carbons (Fsp3) is 1.00. The Morgan fingerprint density at radius 3 is 2.69 bits per heavy atom. The van der Waals surface area contributed by atoms with Crippen molar-refractivity contribution in [2.75, 3.05) is 12.9 Å². The normalized spacial score (nSPS) is 28.7. The van der Waals surface area contributed by atoms with Crippen molar-refractivity contribution in [3.63, 3.8) is 0 Å². The highest BCUT2D eigenvalue weighted by Gasteiger charge is 2.29. The van der Waals surface area contributed by atoms with Crippen LogP contribution < -0.4 is 5.32 Å². The smallest absolute Gasteiger partial charge is 0.0564 e. The Hall–Kier alpha value is 0.270. The highest BCUT2D eigenvalue weighted by atomic mass is 32.2. The van der Waals surface area contributed by atoms with Gasteiger partial charge >= 0.3 is 0 Å². The topological polar surface area (TPSA) is 32.3 Å². The molecule has 3 atom stereocenters. The number of aliphatic hydroxyl groups excluding tert-OH is 1. The molecule has 1 aliphatic rings. The number of nitrogens with one attached hydrogen (secondary N) is 1. The van der Waals surface area contributed by atoms with Crippen LogP contribution in [0.1, 0.15) is 46.5 Å². The van der Waals surface area contributed by atoms with Crippen molar-refractivity contribution >= 4 is 11.8 Å². The molecule has 0 spiro atoms. The molecule has 2 N–H and O–H groups in total. The van der Waals surface area contributed by atoms with Crippen LogP contribution in [0.5, 0.6) is 0 Å². The van der Waals surface area contributed by atoms with Crippen molar-refractivity contribution in [1.29, 1.82) is 0 Å². The van der Waals surface area contributed by atoms with Gasteiger partial charge in [-0.3, -0.25) is 0 Å². The standard InChI is InChI=1S/C13H27NOS/c1-10(12(9-15)16-4)14-11-6-5-7-13(2,3)8-11/h10-12,14-15H,5-9H2,1-4H3. The highest BCUT2D eigenvalue weighted by molar-refractivity contribution is 7.99. The highest BCUT2D eigenvalue weighted by Crippen LogP contribution is 2.35. The second kappa shape index (κ2) is 6.27. The average molecular weight is 245 g/mol. The maximum absolute atomic E-state index is 9.27. The lowest BCUT2D eigenvalue weighted by atomic mass is 9.75. The van der Waals surface area contributed by atoms with E-state index in [2.05, 4.69) is 32.3 Å². The second-order valence-electron chi connectivity index (χ2n) is 5.87. The molecule has 0 amide bonds. The Balaban J connectivity index is 2.41. The van der Waals surface area contributed by atoms with E-state index in [0.29, 0.717) is 22.7 Å². The molecule has 0 aromatic carbocycles. The SMILES string of the molecule is CSC(CO)C(C)NC1CCCC(C)(C)C1. The largest absolute Gasteiger partial charge is 0.395 e. The molecule has 1 saturated carbocycles. The van der Waals surface area contributed by atoms with Crippen molar-refractivity contribution < 1.29 is 5.11 Å². The lowest BCUT2D eigenvalue weighted by Crippen LogP contribution is -2.46. The van der Waals surface area contributed by atoms with E-state index < -0.39 is 0 Å². The maximum atomic E-state index is 9.27. The molecule has 0 aromatic heterocycles. The van der Waals surface area contributed by atoms with Crippen LogP contribution in [-0.2, 0) is 0 Å². The molecule has 1 fully saturated rings. The summed E-state index contributed by atoms with van der Waals surface area (Å²) in [4.78, 5) is 0. The molecule has 3 unspecified atom stereocenters. The van der Waals surface area contributed by atoms with Gasteiger partial charge in [-0.25, -0.2) is 0 Å². The predicted octanol–water partition coefficient (Wildman–Crippen LogP) is 2.66. The van der Waals surface area contributed by atoms with Gasteiger partial charge in [-0.15, -0.1) is 0 Å². The van der Waals surface area contributed by atoms with Gasteiger partial charge in [0.05, 0.1) is 6.61 Å². The molecule has 2 nitrogen and oxygen atoms in total. The number of hydrogen-bond donors (Lipinski definition) is 2. The first-order valence-corrected chi connectivity index (χ1v) is 7.67. The van der Waals surface area contributed by atoms with Gasteiger partial charge in [0.25, 0.3) is 0 Å². The molecule has 3 heteroatoms. The van der Waals surface area contributed by atoms with Crippen LogP contribution in [0.25, 0.3) is 0 Å². The summed E-state index contributed by atoms with van der Waals surface area (Å²) in [5, 5.41) is 13.3. The molecule has 16 heavy (non-hydrogen) atoms. The van der Waals surface area contributed by atoms with Crippen LogP contribution in [0.4, 0.5) is 0 Å². The average Bonchev–Trinajstić information content (AvgIpc) is 2.17. The Bertz CT molecular complexity index is 204. The summed E-state index contributed by atoms with van der Waals surface area (Å²) in [6.45, 7) is 7.19. The Morgan fingerprint density at radius 1 is 1.50 bits per heavy atom. The van der Waals surface area contributed by atoms with Gasteiger partial charge in [-0.1, -0.05) is 20.3 Å². The van der Waals surface area contributed by atoms with Crippen LogP contribution in [-0.4, -0.2) is 35.3 Å².